The monoisotopic (exact) mass is 484 g/mol. The predicted molar refractivity (Wildman–Crippen MR) is 164 cm³/mol. The van der Waals surface area contributed by atoms with Gasteiger partial charge in [-0.25, -0.2) is 0 Å². The largest absolute Gasteiger partial charge is 0.0616 e. The van der Waals surface area contributed by atoms with Crippen molar-refractivity contribution in [3.05, 3.63) is 132 Å². The maximum Gasteiger partial charge on any atom is -0.00200 e. The highest BCUT2D eigenvalue weighted by atomic mass is 14.2. The Hall–Kier alpha value is -4.42. The molecule has 7 aromatic carbocycles. The third kappa shape index (κ3) is 3.23. The first-order valence-electron chi connectivity index (χ1n) is 13.8. The predicted octanol–water partition coefficient (Wildman–Crippen LogP) is 10.5. The van der Waals surface area contributed by atoms with Crippen molar-refractivity contribution in [2.75, 3.05) is 0 Å². The van der Waals surface area contributed by atoms with Crippen LogP contribution in [0, 0.1) is 0 Å². The smallest absolute Gasteiger partial charge is 0.00200 e. The Balaban J connectivity index is 1.61. The maximum absolute atomic E-state index is 2.54. The second-order valence-corrected chi connectivity index (χ2v) is 10.7. The SMILES string of the molecule is c1ccc2c(-c3c4ccccc4c(-c4cccc5ccccc45)c4cc5c(cc34)CCCC5)cccc2c1. The number of hydrogen-bond acceptors (Lipinski definition) is 0. The van der Waals surface area contributed by atoms with Gasteiger partial charge in [-0.2, -0.15) is 0 Å². The average Bonchev–Trinajstić information content (AvgIpc) is 2.98. The summed E-state index contributed by atoms with van der Waals surface area (Å²) >= 11 is 0. The lowest BCUT2D eigenvalue weighted by Crippen LogP contribution is -2.03. The number of fused-ring (bicyclic) bond motifs is 5. The van der Waals surface area contributed by atoms with Crippen LogP contribution in [0.25, 0.3) is 65.3 Å². The van der Waals surface area contributed by atoms with E-state index in [0.29, 0.717) is 0 Å². The van der Waals surface area contributed by atoms with E-state index in [1.165, 1.54) is 102 Å². The molecule has 1 aliphatic carbocycles. The van der Waals surface area contributed by atoms with Crippen molar-refractivity contribution in [2.45, 2.75) is 25.7 Å². The van der Waals surface area contributed by atoms with Crippen molar-refractivity contribution in [3.8, 4) is 22.3 Å². The highest BCUT2D eigenvalue weighted by molar-refractivity contribution is 6.25. The highest BCUT2D eigenvalue weighted by Crippen LogP contribution is 2.47. The summed E-state index contributed by atoms with van der Waals surface area (Å²) < 4.78 is 0. The molecule has 7 aromatic rings. The fourth-order valence-electron chi connectivity index (χ4n) is 6.88. The van der Waals surface area contributed by atoms with Crippen LogP contribution in [-0.2, 0) is 12.8 Å². The molecule has 0 saturated heterocycles. The normalized spacial score (nSPS) is 13.4. The summed E-state index contributed by atoms with van der Waals surface area (Å²) in [6.07, 6.45) is 4.92. The van der Waals surface area contributed by atoms with Gasteiger partial charge in [-0.15, -0.1) is 0 Å². The first-order valence-corrected chi connectivity index (χ1v) is 13.8. The average molecular weight is 485 g/mol. The van der Waals surface area contributed by atoms with Crippen LogP contribution >= 0.6 is 0 Å². The van der Waals surface area contributed by atoms with Gasteiger partial charge in [0.25, 0.3) is 0 Å². The molecule has 0 heterocycles. The summed E-state index contributed by atoms with van der Waals surface area (Å²) in [4.78, 5) is 0. The van der Waals surface area contributed by atoms with Gasteiger partial charge in [0.2, 0.25) is 0 Å². The van der Waals surface area contributed by atoms with Crippen LogP contribution in [0.4, 0.5) is 0 Å². The summed E-state index contributed by atoms with van der Waals surface area (Å²) in [5.74, 6) is 0. The van der Waals surface area contributed by atoms with Gasteiger partial charge in [-0.1, -0.05) is 121 Å². The summed E-state index contributed by atoms with van der Waals surface area (Å²) in [7, 11) is 0. The van der Waals surface area contributed by atoms with Gasteiger partial charge in [0.05, 0.1) is 0 Å². The Morgan fingerprint density at radius 2 is 0.737 bits per heavy atom. The minimum absolute atomic E-state index is 1.18. The quantitative estimate of drug-likeness (QED) is 0.214. The Morgan fingerprint density at radius 3 is 1.21 bits per heavy atom. The summed E-state index contributed by atoms with van der Waals surface area (Å²) in [6, 6.07) is 45.3. The van der Waals surface area contributed by atoms with E-state index in [4.69, 9.17) is 0 Å². The molecule has 0 bridgehead atoms. The van der Waals surface area contributed by atoms with E-state index in [9.17, 15) is 0 Å². The summed E-state index contributed by atoms with van der Waals surface area (Å²) in [6.45, 7) is 0. The molecule has 0 saturated carbocycles. The second kappa shape index (κ2) is 8.57. The molecule has 0 atom stereocenters. The van der Waals surface area contributed by atoms with Crippen molar-refractivity contribution in [3.63, 3.8) is 0 Å². The van der Waals surface area contributed by atoms with Gasteiger partial charge in [-0.05, 0) is 102 Å². The molecular weight excluding hydrogens is 456 g/mol. The van der Waals surface area contributed by atoms with Crippen LogP contribution in [-0.4, -0.2) is 0 Å². The Bertz CT molecular complexity index is 1870. The zero-order valence-electron chi connectivity index (χ0n) is 21.4. The van der Waals surface area contributed by atoms with E-state index in [1.807, 2.05) is 0 Å². The molecule has 0 nitrogen and oxygen atoms in total. The van der Waals surface area contributed by atoms with Crippen molar-refractivity contribution in [1.29, 1.82) is 0 Å². The van der Waals surface area contributed by atoms with Gasteiger partial charge < -0.3 is 0 Å². The van der Waals surface area contributed by atoms with Crippen LogP contribution in [0.15, 0.2) is 121 Å². The van der Waals surface area contributed by atoms with Crippen LogP contribution in [0.5, 0.6) is 0 Å². The van der Waals surface area contributed by atoms with E-state index < -0.39 is 0 Å². The zero-order chi connectivity index (χ0) is 25.1. The van der Waals surface area contributed by atoms with Crippen LogP contribution in [0.2, 0.25) is 0 Å². The fraction of sp³-hybridized carbons (Fsp3) is 0.105. The van der Waals surface area contributed by atoms with Gasteiger partial charge in [-0.3, -0.25) is 0 Å². The van der Waals surface area contributed by atoms with Gasteiger partial charge >= 0.3 is 0 Å². The Kier molecular flexibility index (Phi) is 4.88. The van der Waals surface area contributed by atoms with Gasteiger partial charge in [0.1, 0.15) is 0 Å². The third-order valence-electron chi connectivity index (χ3n) is 8.60. The molecule has 0 heteroatoms. The Morgan fingerprint density at radius 1 is 0.342 bits per heavy atom. The molecule has 1 aliphatic rings. The highest BCUT2D eigenvalue weighted by Gasteiger charge is 2.21. The van der Waals surface area contributed by atoms with E-state index in [1.54, 1.807) is 0 Å². The minimum atomic E-state index is 1.18. The van der Waals surface area contributed by atoms with E-state index >= 15 is 0 Å². The molecule has 0 aliphatic heterocycles. The molecule has 0 radical (unpaired) electrons. The molecule has 180 valence electrons. The second-order valence-electron chi connectivity index (χ2n) is 10.7. The number of rotatable bonds is 2. The lowest BCUT2D eigenvalue weighted by atomic mass is 9.80. The summed E-state index contributed by atoms with van der Waals surface area (Å²) in [5.41, 5.74) is 8.44. The van der Waals surface area contributed by atoms with Gasteiger partial charge in [0.15, 0.2) is 0 Å². The van der Waals surface area contributed by atoms with E-state index in [0.717, 1.165) is 0 Å². The molecule has 8 rings (SSSR count). The first kappa shape index (κ1) is 21.6. The van der Waals surface area contributed by atoms with E-state index in [-0.39, 0.29) is 0 Å². The molecule has 38 heavy (non-hydrogen) atoms. The van der Waals surface area contributed by atoms with Crippen molar-refractivity contribution < 1.29 is 0 Å². The topological polar surface area (TPSA) is 0 Å². The maximum atomic E-state index is 2.54. The van der Waals surface area contributed by atoms with Crippen LogP contribution < -0.4 is 0 Å². The van der Waals surface area contributed by atoms with Crippen molar-refractivity contribution in [1.82, 2.24) is 0 Å². The zero-order valence-corrected chi connectivity index (χ0v) is 21.4. The van der Waals surface area contributed by atoms with Crippen molar-refractivity contribution in [2.24, 2.45) is 0 Å². The number of hydrogen-bond donors (Lipinski definition) is 0. The lowest BCUT2D eigenvalue weighted by Gasteiger charge is -2.23. The molecule has 0 spiro atoms. The molecular formula is C38H28. The first-order chi connectivity index (χ1) is 18.9. The molecule has 0 aromatic heterocycles. The molecule has 0 unspecified atom stereocenters. The minimum Gasteiger partial charge on any atom is -0.0616 e. The lowest BCUT2D eigenvalue weighted by molar-refractivity contribution is 0.687. The molecule has 0 N–H and O–H groups in total. The summed E-state index contributed by atoms with van der Waals surface area (Å²) in [5, 5.41) is 10.6. The van der Waals surface area contributed by atoms with Gasteiger partial charge in [0, 0.05) is 0 Å². The van der Waals surface area contributed by atoms with Crippen LogP contribution in [0.3, 0.4) is 0 Å². The molecule has 0 fully saturated rings. The van der Waals surface area contributed by atoms with Crippen molar-refractivity contribution >= 4 is 43.1 Å². The third-order valence-corrected chi connectivity index (χ3v) is 8.60. The number of benzene rings is 7. The standard InChI is InChI=1S/C38H28/c1-2-14-28-24-36-35(23-27(28)13-1)37(31-21-9-15-25-11-3-5-17-29(25)31)33-19-7-8-20-34(33)38(36)32-22-10-16-26-12-4-6-18-30(26)32/h3-12,15-24H,1-2,13-14H2. The van der Waals surface area contributed by atoms with Crippen LogP contribution in [0.1, 0.15) is 24.0 Å². The molecule has 0 amide bonds. The van der Waals surface area contributed by atoms with E-state index in [2.05, 4.69) is 121 Å². The fourth-order valence-corrected chi connectivity index (χ4v) is 6.88. The Labute approximate surface area is 223 Å². The number of aryl methyl sites for hydroxylation is 2.